The molecule has 0 aromatic rings. The molecule has 0 aromatic heterocycles. The fourth-order valence-corrected chi connectivity index (χ4v) is 3.08. The van der Waals surface area contributed by atoms with Gasteiger partial charge in [-0.15, -0.1) is 0 Å². The predicted octanol–water partition coefficient (Wildman–Crippen LogP) is 0.984. The molecule has 1 saturated carbocycles. The number of carboxylic acids is 1. The van der Waals surface area contributed by atoms with E-state index in [2.05, 4.69) is 5.32 Å². The minimum Gasteiger partial charge on any atom is -0.480 e. The highest BCUT2D eigenvalue weighted by Crippen LogP contribution is 2.27. The Kier molecular flexibility index (Phi) is 3.90. The van der Waals surface area contributed by atoms with Gasteiger partial charge in [-0.3, -0.25) is 14.9 Å². The second-order valence-corrected chi connectivity index (χ2v) is 5.52. The van der Waals surface area contributed by atoms with Crippen LogP contribution in [-0.4, -0.2) is 46.6 Å². The summed E-state index contributed by atoms with van der Waals surface area (Å²) in [4.78, 5) is 24.6. The van der Waals surface area contributed by atoms with Gasteiger partial charge in [0, 0.05) is 26.1 Å². The molecule has 2 aliphatic rings. The first-order chi connectivity index (χ1) is 8.53. The van der Waals surface area contributed by atoms with Crippen LogP contribution in [0.4, 0.5) is 0 Å². The van der Waals surface area contributed by atoms with Crippen LogP contribution in [-0.2, 0) is 9.59 Å². The van der Waals surface area contributed by atoms with E-state index in [9.17, 15) is 14.7 Å². The molecular formula is C13H22N2O3. The van der Waals surface area contributed by atoms with E-state index < -0.39 is 11.5 Å². The van der Waals surface area contributed by atoms with Crippen molar-refractivity contribution in [1.29, 1.82) is 0 Å². The number of aliphatic carboxylic acids is 1. The number of piperidine rings is 1. The van der Waals surface area contributed by atoms with Gasteiger partial charge >= 0.3 is 5.97 Å². The van der Waals surface area contributed by atoms with Crippen molar-refractivity contribution >= 4 is 11.9 Å². The van der Waals surface area contributed by atoms with E-state index in [1.807, 2.05) is 0 Å². The fraction of sp³-hybridized carbons (Fsp3) is 0.846. The number of hydrogen-bond donors (Lipinski definition) is 2. The summed E-state index contributed by atoms with van der Waals surface area (Å²) in [5.74, 6) is -0.729. The number of hydrogen-bond acceptors (Lipinski definition) is 3. The molecule has 0 aromatic carbocycles. The molecule has 2 rings (SSSR count). The van der Waals surface area contributed by atoms with Crippen molar-refractivity contribution in [3.63, 3.8) is 0 Å². The van der Waals surface area contributed by atoms with Crippen molar-refractivity contribution in [3.8, 4) is 0 Å². The summed E-state index contributed by atoms with van der Waals surface area (Å²) < 4.78 is 0. The first-order valence-electron chi connectivity index (χ1n) is 6.80. The second-order valence-electron chi connectivity index (χ2n) is 5.52. The minimum absolute atomic E-state index is 0.0369. The molecule has 1 heterocycles. The van der Waals surface area contributed by atoms with Gasteiger partial charge < -0.3 is 10.0 Å². The summed E-state index contributed by atoms with van der Waals surface area (Å²) in [6, 6.07) is 0.338. The maximum atomic E-state index is 11.6. The molecule has 1 aliphatic carbocycles. The topological polar surface area (TPSA) is 69.6 Å². The Balaban J connectivity index is 2.00. The zero-order valence-corrected chi connectivity index (χ0v) is 10.9. The van der Waals surface area contributed by atoms with Gasteiger partial charge in [0.2, 0.25) is 5.91 Å². The number of likely N-dealkylation sites (tertiary alicyclic amines) is 1. The minimum atomic E-state index is -0.818. The van der Waals surface area contributed by atoms with Crippen molar-refractivity contribution in [2.75, 3.05) is 13.1 Å². The molecule has 18 heavy (non-hydrogen) atoms. The van der Waals surface area contributed by atoms with Crippen LogP contribution in [0.5, 0.6) is 0 Å². The Hall–Kier alpha value is -1.10. The zero-order valence-electron chi connectivity index (χ0n) is 10.9. The summed E-state index contributed by atoms with van der Waals surface area (Å²) in [5.41, 5.74) is -0.818. The molecule has 1 saturated heterocycles. The van der Waals surface area contributed by atoms with Gasteiger partial charge in [0.1, 0.15) is 5.54 Å². The molecule has 0 unspecified atom stereocenters. The number of amides is 1. The maximum absolute atomic E-state index is 11.6. The molecule has 2 N–H and O–H groups in total. The van der Waals surface area contributed by atoms with Gasteiger partial charge in [0.25, 0.3) is 0 Å². The van der Waals surface area contributed by atoms with E-state index in [-0.39, 0.29) is 5.91 Å². The van der Waals surface area contributed by atoms with Crippen molar-refractivity contribution in [2.45, 2.75) is 57.0 Å². The largest absolute Gasteiger partial charge is 0.480 e. The molecule has 0 bridgehead atoms. The highest BCUT2D eigenvalue weighted by molar-refractivity contribution is 5.80. The highest BCUT2D eigenvalue weighted by Gasteiger charge is 2.43. The van der Waals surface area contributed by atoms with Crippen LogP contribution < -0.4 is 5.32 Å². The van der Waals surface area contributed by atoms with E-state index in [1.54, 1.807) is 4.90 Å². The Morgan fingerprint density at radius 2 is 1.78 bits per heavy atom. The third-order valence-electron chi connectivity index (χ3n) is 4.31. The predicted molar refractivity (Wildman–Crippen MR) is 67.2 cm³/mol. The van der Waals surface area contributed by atoms with E-state index in [1.165, 1.54) is 19.8 Å². The molecule has 5 heteroatoms. The summed E-state index contributed by atoms with van der Waals surface area (Å²) in [6.45, 7) is 2.63. The molecule has 0 radical (unpaired) electrons. The molecule has 0 spiro atoms. The monoisotopic (exact) mass is 254 g/mol. The number of nitrogens with one attached hydrogen (secondary N) is 1. The Labute approximate surface area is 108 Å². The van der Waals surface area contributed by atoms with Crippen molar-refractivity contribution in [3.05, 3.63) is 0 Å². The van der Waals surface area contributed by atoms with E-state index >= 15 is 0 Å². The van der Waals surface area contributed by atoms with Gasteiger partial charge in [-0.1, -0.05) is 12.8 Å². The first kappa shape index (κ1) is 13.3. The molecule has 102 valence electrons. The van der Waals surface area contributed by atoms with Crippen molar-refractivity contribution in [1.82, 2.24) is 10.2 Å². The number of rotatable bonds is 3. The van der Waals surface area contributed by atoms with E-state index in [0.29, 0.717) is 32.0 Å². The quantitative estimate of drug-likeness (QED) is 0.788. The first-order valence-corrected chi connectivity index (χ1v) is 6.80. The van der Waals surface area contributed by atoms with Gasteiger partial charge in [0.05, 0.1) is 0 Å². The Morgan fingerprint density at radius 1 is 1.22 bits per heavy atom. The fourth-order valence-electron chi connectivity index (χ4n) is 3.08. The summed E-state index contributed by atoms with van der Waals surface area (Å²) >= 11 is 0. The smallest absolute Gasteiger partial charge is 0.324 e. The average molecular weight is 254 g/mol. The van der Waals surface area contributed by atoms with Crippen LogP contribution >= 0.6 is 0 Å². The van der Waals surface area contributed by atoms with Gasteiger partial charge in [-0.2, -0.15) is 0 Å². The van der Waals surface area contributed by atoms with Crippen LogP contribution in [0.25, 0.3) is 0 Å². The normalized spacial score (nSPS) is 24.2. The second kappa shape index (κ2) is 5.26. The summed E-state index contributed by atoms with van der Waals surface area (Å²) in [5, 5.41) is 12.9. The number of carboxylic acid groups (broad SMARTS) is 1. The van der Waals surface area contributed by atoms with Crippen LogP contribution in [0, 0.1) is 0 Å². The molecule has 1 amide bonds. The van der Waals surface area contributed by atoms with Crippen LogP contribution in [0.1, 0.15) is 45.4 Å². The SMILES string of the molecule is CC(=O)N1CCC(NC2CCCC2)(C(=O)O)CC1. The van der Waals surface area contributed by atoms with Gasteiger partial charge in [-0.25, -0.2) is 0 Å². The highest BCUT2D eigenvalue weighted by atomic mass is 16.4. The van der Waals surface area contributed by atoms with E-state index in [0.717, 1.165) is 12.8 Å². The average Bonchev–Trinajstić information content (AvgIpc) is 2.82. The molecule has 1 aliphatic heterocycles. The van der Waals surface area contributed by atoms with Gasteiger partial charge in [0.15, 0.2) is 0 Å². The maximum Gasteiger partial charge on any atom is 0.324 e. The zero-order chi connectivity index (χ0) is 13.2. The van der Waals surface area contributed by atoms with Crippen LogP contribution in [0.2, 0.25) is 0 Å². The molecule has 0 atom stereocenters. The van der Waals surface area contributed by atoms with E-state index in [4.69, 9.17) is 0 Å². The lowest BCUT2D eigenvalue weighted by Gasteiger charge is -2.40. The third kappa shape index (κ3) is 2.66. The van der Waals surface area contributed by atoms with Crippen LogP contribution in [0.3, 0.4) is 0 Å². The number of carbonyl (C=O) groups excluding carboxylic acids is 1. The molecule has 2 fully saturated rings. The Morgan fingerprint density at radius 3 is 2.22 bits per heavy atom. The lowest BCUT2D eigenvalue weighted by molar-refractivity contribution is -0.149. The third-order valence-corrected chi connectivity index (χ3v) is 4.31. The Bertz CT molecular complexity index is 329. The molecular weight excluding hydrogens is 232 g/mol. The van der Waals surface area contributed by atoms with Gasteiger partial charge in [-0.05, 0) is 25.7 Å². The van der Waals surface area contributed by atoms with Crippen molar-refractivity contribution < 1.29 is 14.7 Å². The lowest BCUT2D eigenvalue weighted by Crippen LogP contribution is -2.61. The van der Waals surface area contributed by atoms with Crippen molar-refractivity contribution in [2.24, 2.45) is 0 Å². The molecule has 5 nitrogen and oxygen atoms in total. The number of carbonyl (C=O) groups is 2. The standard InChI is InChI=1S/C13H22N2O3/c1-10(16)15-8-6-13(7-9-15,12(17)18)14-11-4-2-3-5-11/h11,14H,2-9H2,1H3,(H,17,18). The summed E-state index contributed by atoms with van der Waals surface area (Å²) in [6.07, 6.45) is 5.55. The lowest BCUT2D eigenvalue weighted by atomic mass is 9.86. The summed E-state index contributed by atoms with van der Waals surface area (Å²) in [7, 11) is 0. The number of nitrogens with zero attached hydrogens (tertiary/aromatic N) is 1. The van der Waals surface area contributed by atoms with Crippen LogP contribution in [0.15, 0.2) is 0 Å².